The lowest BCUT2D eigenvalue weighted by atomic mass is 9.93. The molecule has 1 aliphatic carbocycles. The number of hydrogen-bond donors (Lipinski definition) is 3. The number of anilines is 1. The molecule has 11 heteroatoms. The van der Waals surface area contributed by atoms with Crippen molar-refractivity contribution >= 4 is 41.0 Å². The van der Waals surface area contributed by atoms with Crippen LogP contribution in [0, 0.1) is 5.92 Å². The average Bonchev–Trinajstić information content (AvgIpc) is 3.57. The number of halogens is 2. The first-order valence-electron chi connectivity index (χ1n) is 12.4. The van der Waals surface area contributed by atoms with Crippen molar-refractivity contribution in [1.82, 2.24) is 25.5 Å². The second kappa shape index (κ2) is 12.4. The van der Waals surface area contributed by atoms with E-state index in [0.29, 0.717) is 28.5 Å². The van der Waals surface area contributed by atoms with Crippen LogP contribution in [-0.2, 0) is 11.2 Å². The number of tetrazole rings is 1. The minimum Gasteiger partial charge on any atom is -0.478 e. The summed E-state index contributed by atoms with van der Waals surface area (Å²) in [5.74, 6) is -0.276. The van der Waals surface area contributed by atoms with Crippen LogP contribution in [0.5, 0.6) is 0 Å². The largest absolute Gasteiger partial charge is 0.478 e. The number of aromatic amines is 1. The Morgan fingerprint density at radius 3 is 2.30 bits per heavy atom. The summed E-state index contributed by atoms with van der Waals surface area (Å²) in [6.07, 6.45) is 7.35. The number of carboxylic acids is 1. The molecular formula is C26H30Cl2N6O3. The summed E-state index contributed by atoms with van der Waals surface area (Å²) in [5, 5.41) is 25.6. The lowest BCUT2D eigenvalue weighted by molar-refractivity contribution is -0.133. The first kappa shape index (κ1) is 26.9. The van der Waals surface area contributed by atoms with Gasteiger partial charge in [0.25, 0.3) is 5.95 Å². The molecule has 0 bridgehead atoms. The van der Waals surface area contributed by atoms with Crippen LogP contribution in [0.15, 0.2) is 36.4 Å². The number of aromatic carboxylic acids is 1. The minimum absolute atomic E-state index is 0.0670. The molecule has 3 N–H and O–H groups in total. The quantitative estimate of drug-likeness (QED) is 0.383. The van der Waals surface area contributed by atoms with Crippen LogP contribution in [0.1, 0.15) is 54.4 Å². The number of carbonyl (C=O) groups is 2. The van der Waals surface area contributed by atoms with Crippen molar-refractivity contribution in [3.05, 3.63) is 57.6 Å². The van der Waals surface area contributed by atoms with Gasteiger partial charge in [0, 0.05) is 35.6 Å². The van der Waals surface area contributed by atoms with Gasteiger partial charge in [-0.05, 0) is 71.9 Å². The summed E-state index contributed by atoms with van der Waals surface area (Å²) in [6.45, 7) is 0.831. The number of benzene rings is 2. The van der Waals surface area contributed by atoms with Gasteiger partial charge in [-0.3, -0.25) is 4.79 Å². The Morgan fingerprint density at radius 1 is 1.08 bits per heavy atom. The molecule has 9 nitrogen and oxygen atoms in total. The summed E-state index contributed by atoms with van der Waals surface area (Å²) in [6, 6.07) is 10.7. The molecule has 3 aromatic rings. The highest BCUT2D eigenvalue weighted by atomic mass is 35.5. The third-order valence-electron chi connectivity index (χ3n) is 6.99. The van der Waals surface area contributed by atoms with Gasteiger partial charge in [0.2, 0.25) is 5.91 Å². The second-order valence-corrected chi connectivity index (χ2v) is 10.1. The van der Waals surface area contributed by atoms with Crippen molar-refractivity contribution in [2.45, 2.75) is 51.0 Å². The zero-order chi connectivity index (χ0) is 26.4. The van der Waals surface area contributed by atoms with E-state index in [9.17, 15) is 9.59 Å². The Kier molecular flexibility index (Phi) is 9.00. The third-order valence-corrected chi connectivity index (χ3v) is 7.67. The highest BCUT2D eigenvalue weighted by Gasteiger charge is 2.36. The van der Waals surface area contributed by atoms with Crippen LogP contribution >= 0.6 is 23.2 Å². The van der Waals surface area contributed by atoms with Gasteiger partial charge in [-0.25, -0.2) is 4.79 Å². The van der Waals surface area contributed by atoms with Gasteiger partial charge in [-0.2, -0.15) is 5.21 Å². The molecule has 0 radical (unpaired) electrons. The predicted octanol–water partition coefficient (Wildman–Crippen LogP) is 5.32. The summed E-state index contributed by atoms with van der Waals surface area (Å²) in [7, 11) is 1.73. The van der Waals surface area contributed by atoms with E-state index >= 15 is 0 Å². The van der Waals surface area contributed by atoms with Gasteiger partial charge in [-0.15, -0.1) is 5.10 Å². The molecular weight excluding hydrogens is 515 g/mol. The molecule has 2 fully saturated rings. The molecule has 1 saturated carbocycles. The molecule has 1 saturated heterocycles. The highest BCUT2D eigenvalue weighted by Crippen LogP contribution is 2.36. The number of amides is 1. The van der Waals surface area contributed by atoms with Crippen molar-refractivity contribution < 1.29 is 14.7 Å². The summed E-state index contributed by atoms with van der Waals surface area (Å²) < 4.78 is 0. The molecule has 5 rings (SSSR count). The Hall–Kier alpha value is -3.17. The zero-order valence-corrected chi connectivity index (χ0v) is 22.1. The van der Waals surface area contributed by atoms with Crippen LogP contribution in [0.2, 0.25) is 10.0 Å². The lowest BCUT2D eigenvalue weighted by Gasteiger charge is -2.31. The van der Waals surface area contributed by atoms with E-state index in [1.165, 1.54) is 19.3 Å². The number of likely N-dealkylation sites (tertiary alicyclic amines) is 1. The number of carbonyl (C=O) groups excluding carboxylic acids is 1. The number of carboxylic acid groups (broad SMARTS) is 1. The SMILES string of the molecule is CNc1nn[nH]n1.O=C(O)c1ccc(-c2cc(Cl)c(CC3CCN(C4CCCCC4)C3=O)c(Cl)c2)cc1. The number of nitrogens with zero attached hydrogens (tertiary/aromatic N) is 4. The van der Waals surface area contributed by atoms with E-state index in [2.05, 4.69) is 30.8 Å². The van der Waals surface area contributed by atoms with E-state index in [-0.39, 0.29) is 17.4 Å². The highest BCUT2D eigenvalue weighted by molar-refractivity contribution is 6.36. The Morgan fingerprint density at radius 2 is 1.76 bits per heavy atom. The maximum absolute atomic E-state index is 13.0. The van der Waals surface area contributed by atoms with Crippen LogP contribution in [-0.4, -0.2) is 62.1 Å². The molecule has 1 unspecified atom stereocenters. The van der Waals surface area contributed by atoms with Gasteiger partial charge in [0.1, 0.15) is 0 Å². The minimum atomic E-state index is -0.962. The molecule has 1 atom stereocenters. The topological polar surface area (TPSA) is 124 Å². The summed E-state index contributed by atoms with van der Waals surface area (Å²) >= 11 is 13.1. The molecule has 2 aromatic carbocycles. The van der Waals surface area contributed by atoms with Gasteiger partial charge in [0.05, 0.1) is 5.56 Å². The van der Waals surface area contributed by atoms with E-state index in [4.69, 9.17) is 28.3 Å². The molecule has 1 aliphatic heterocycles. The monoisotopic (exact) mass is 544 g/mol. The molecule has 0 spiro atoms. The number of nitrogens with one attached hydrogen (secondary N) is 2. The van der Waals surface area contributed by atoms with E-state index < -0.39 is 5.97 Å². The molecule has 2 heterocycles. The van der Waals surface area contributed by atoms with Gasteiger partial charge in [0.15, 0.2) is 0 Å². The van der Waals surface area contributed by atoms with Gasteiger partial charge < -0.3 is 15.3 Å². The van der Waals surface area contributed by atoms with E-state index in [1.54, 1.807) is 31.3 Å². The van der Waals surface area contributed by atoms with Crippen molar-refractivity contribution in [3.8, 4) is 11.1 Å². The standard InChI is InChI=1S/C24H25Cl2NO3.C2H5N5/c25-21-13-18(15-6-8-16(9-7-15)24(29)30)14-22(26)20(21)12-17-10-11-27(23(17)28)19-4-2-1-3-5-19;1-3-2-4-6-7-5-2/h6-9,13-14,17,19H,1-5,10-12H2,(H,29,30);1H3,(H2,3,4,5,6,7). The molecule has 1 aromatic heterocycles. The van der Waals surface area contributed by atoms with E-state index in [0.717, 1.165) is 42.5 Å². The van der Waals surface area contributed by atoms with Crippen LogP contribution < -0.4 is 5.32 Å². The number of hydrogen-bond acceptors (Lipinski definition) is 6. The lowest BCUT2D eigenvalue weighted by Crippen LogP contribution is -2.39. The van der Waals surface area contributed by atoms with Crippen molar-refractivity contribution in [2.75, 3.05) is 18.9 Å². The first-order valence-corrected chi connectivity index (χ1v) is 13.2. The zero-order valence-electron chi connectivity index (χ0n) is 20.6. The second-order valence-electron chi connectivity index (χ2n) is 9.30. The fourth-order valence-electron chi connectivity index (χ4n) is 4.99. The summed E-state index contributed by atoms with van der Waals surface area (Å²) in [5.41, 5.74) is 2.71. The Balaban J connectivity index is 0.000000396. The maximum atomic E-state index is 13.0. The Labute approximate surface area is 225 Å². The predicted molar refractivity (Wildman–Crippen MR) is 143 cm³/mol. The van der Waals surface area contributed by atoms with E-state index in [1.807, 2.05) is 12.1 Å². The fourth-order valence-corrected chi connectivity index (χ4v) is 5.63. The molecule has 37 heavy (non-hydrogen) atoms. The van der Waals surface area contributed by atoms with Crippen molar-refractivity contribution in [2.24, 2.45) is 5.92 Å². The number of rotatable bonds is 6. The number of aromatic nitrogens is 4. The van der Waals surface area contributed by atoms with Gasteiger partial charge >= 0.3 is 5.97 Å². The smallest absolute Gasteiger partial charge is 0.335 e. The Bertz CT molecular complexity index is 1190. The third kappa shape index (κ3) is 6.59. The first-order chi connectivity index (χ1) is 17.9. The maximum Gasteiger partial charge on any atom is 0.335 e. The van der Waals surface area contributed by atoms with Crippen molar-refractivity contribution in [1.29, 1.82) is 0 Å². The van der Waals surface area contributed by atoms with Crippen LogP contribution in [0.4, 0.5) is 5.95 Å². The summed E-state index contributed by atoms with van der Waals surface area (Å²) in [4.78, 5) is 26.1. The van der Waals surface area contributed by atoms with Crippen LogP contribution in [0.25, 0.3) is 11.1 Å². The molecule has 196 valence electrons. The van der Waals surface area contributed by atoms with Crippen LogP contribution in [0.3, 0.4) is 0 Å². The van der Waals surface area contributed by atoms with Crippen molar-refractivity contribution in [3.63, 3.8) is 0 Å². The fraction of sp³-hybridized carbons (Fsp3) is 0.423. The molecule has 2 aliphatic rings. The molecule has 1 amide bonds. The number of H-pyrrole nitrogens is 1. The normalized spacial score (nSPS) is 17.9. The van der Waals surface area contributed by atoms with Gasteiger partial charge in [-0.1, -0.05) is 59.7 Å². The average molecular weight is 545 g/mol.